The lowest BCUT2D eigenvalue weighted by Gasteiger charge is -2.24. The first-order chi connectivity index (χ1) is 9.93. The minimum absolute atomic E-state index is 0.167. The fourth-order valence-electron chi connectivity index (χ4n) is 2.63. The van der Waals surface area contributed by atoms with Gasteiger partial charge in [-0.25, -0.2) is 4.79 Å². The normalized spacial score (nSPS) is 18.2. The average Bonchev–Trinajstić information content (AvgIpc) is 2.60. The molecule has 4 heteroatoms. The van der Waals surface area contributed by atoms with Crippen molar-refractivity contribution in [3.8, 4) is 0 Å². The number of carbonyl (C=O) groups is 2. The highest BCUT2D eigenvalue weighted by Gasteiger charge is 2.28. The summed E-state index contributed by atoms with van der Waals surface area (Å²) >= 11 is 0. The van der Waals surface area contributed by atoms with E-state index in [1.807, 2.05) is 23.1 Å². The lowest BCUT2D eigenvalue weighted by Crippen LogP contribution is -2.30. The SMILES string of the molecule is COC(=O)c1ccccc1CN1CCC(C)(C)CCC1=O. The number of carbonyl (C=O) groups excluding carboxylic acids is 2. The highest BCUT2D eigenvalue weighted by molar-refractivity contribution is 5.91. The van der Waals surface area contributed by atoms with Crippen molar-refractivity contribution in [2.24, 2.45) is 5.41 Å². The Bertz CT molecular complexity index is 537. The van der Waals surface area contributed by atoms with Gasteiger partial charge in [0.25, 0.3) is 0 Å². The molecule has 1 aromatic rings. The number of amides is 1. The molecule has 114 valence electrons. The zero-order chi connectivity index (χ0) is 15.5. The van der Waals surface area contributed by atoms with Crippen molar-refractivity contribution in [3.63, 3.8) is 0 Å². The minimum Gasteiger partial charge on any atom is -0.465 e. The Morgan fingerprint density at radius 1 is 1.29 bits per heavy atom. The number of hydrogen-bond donors (Lipinski definition) is 0. The van der Waals surface area contributed by atoms with E-state index >= 15 is 0 Å². The predicted octanol–water partition coefficient (Wildman–Crippen LogP) is 3.01. The Morgan fingerprint density at radius 2 is 2.00 bits per heavy atom. The van der Waals surface area contributed by atoms with Crippen LogP contribution in [0.1, 0.15) is 49.0 Å². The van der Waals surface area contributed by atoms with Gasteiger partial charge in [-0.15, -0.1) is 0 Å². The first-order valence-electron chi connectivity index (χ1n) is 7.37. The summed E-state index contributed by atoms with van der Waals surface area (Å²) in [5.74, 6) is -0.187. The number of likely N-dealkylation sites (tertiary alicyclic amines) is 1. The first-order valence-corrected chi connectivity index (χ1v) is 7.37. The van der Waals surface area contributed by atoms with E-state index in [0.29, 0.717) is 18.5 Å². The molecule has 1 aromatic carbocycles. The van der Waals surface area contributed by atoms with Gasteiger partial charge in [0.1, 0.15) is 0 Å². The molecule has 0 aliphatic carbocycles. The molecule has 1 amide bonds. The maximum absolute atomic E-state index is 12.3. The van der Waals surface area contributed by atoms with Crippen molar-refractivity contribution in [1.29, 1.82) is 0 Å². The lowest BCUT2D eigenvalue weighted by molar-refractivity contribution is -0.131. The Balaban J connectivity index is 2.18. The molecule has 21 heavy (non-hydrogen) atoms. The Hall–Kier alpha value is -1.84. The maximum atomic E-state index is 12.3. The fraction of sp³-hybridized carbons (Fsp3) is 0.529. The summed E-state index contributed by atoms with van der Waals surface area (Å²) in [6.45, 7) is 5.61. The van der Waals surface area contributed by atoms with Crippen molar-refractivity contribution in [2.75, 3.05) is 13.7 Å². The van der Waals surface area contributed by atoms with Gasteiger partial charge in [0.2, 0.25) is 5.91 Å². The molecule has 0 aromatic heterocycles. The molecule has 1 heterocycles. The summed E-state index contributed by atoms with van der Waals surface area (Å²) in [5, 5.41) is 0. The van der Waals surface area contributed by atoms with Crippen LogP contribution >= 0.6 is 0 Å². The van der Waals surface area contributed by atoms with E-state index in [1.54, 1.807) is 6.07 Å². The highest BCUT2D eigenvalue weighted by atomic mass is 16.5. The fourth-order valence-corrected chi connectivity index (χ4v) is 2.63. The molecule has 1 aliphatic rings. The molecule has 0 bridgehead atoms. The van der Waals surface area contributed by atoms with E-state index in [4.69, 9.17) is 4.74 Å². The van der Waals surface area contributed by atoms with Crippen LogP contribution in [-0.2, 0) is 16.1 Å². The molecule has 0 unspecified atom stereocenters. The summed E-state index contributed by atoms with van der Waals surface area (Å²) in [4.78, 5) is 25.9. The molecular weight excluding hydrogens is 266 g/mol. The summed E-state index contributed by atoms with van der Waals surface area (Å²) in [5.41, 5.74) is 1.58. The highest BCUT2D eigenvalue weighted by Crippen LogP contribution is 2.31. The molecule has 2 rings (SSSR count). The van der Waals surface area contributed by atoms with Gasteiger partial charge < -0.3 is 9.64 Å². The van der Waals surface area contributed by atoms with Gasteiger partial charge in [0.05, 0.1) is 12.7 Å². The van der Waals surface area contributed by atoms with Crippen molar-refractivity contribution in [2.45, 2.75) is 39.7 Å². The van der Waals surface area contributed by atoms with E-state index in [2.05, 4.69) is 13.8 Å². The third-order valence-electron chi connectivity index (χ3n) is 4.21. The molecule has 4 nitrogen and oxygen atoms in total. The average molecular weight is 289 g/mol. The van der Waals surface area contributed by atoms with Crippen LogP contribution in [0, 0.1) is 5.41 Å². The van der Waals surface area contributed by atoms with E-state index in [0.717, 1.165) is 24.9 Å². The van der Waals surface area contributed by atoms with Crippen molar-refractivity contribution in [3.05, 3.63) is 35.4 Å². The van der Waals surface area contributed by atoms with Crippen LogP contribution in [0.2, 0.25) is 0 Å². The van der Waals surface area contributed by atoms with Crippen LogP contribution in [-0.4, -0.2) is 30.4 Å². The van der Waals surface area contributed by atoms with Gasteiger partial charge in [0.15, 0.2) is 0 Å². The van der Waals surface area contributed by atoms with Crippen LogP contribution in [0.3, 0.4) is 0 Å². The van der Waals surface area contributed by atoms with E-state index < -0.39 is 0 Å². The predicted molar refractivity (Wildman–Crippen MR) is 80.8 cm³/mol. The van der Waals surface area contributed by atoms with Crippen molar-refractivity contribution in [1.82, 2.24) is 4.90 Å². The third kappa shape index (κ3) is 3.84. The molecule has 0 N–H and O–H groups in total. The van der Waals surface area contributed by atoms with Crippen molar-refractivity contribution < 1.29 is 14.3 Å². The minimum atomic E-state index is -0.354. The number of nitrogens with zero attached hydrogens (tertiary/aromatic N) is 1. The Kier molecular flexibility index (Phi) is 4.66. The number of benzene rings is 1. The monoisotopic (exact) mass is 289 g/mol. The van der Waals surface area contributed by atoms with Crippen LogP contribution in [0.5, 0.6) is 0 Å². The number of rotatable bonds is 3. The smallest absolute Gasteiger partial charge is 0.338 e. The second kappa shape index (κ2) is 6.29. The van der Waals surface area contributed by atoms with E-state index in [9.17, 15) is 9.59 Å². The van der Waals surface area contributed by atoms with Gasteiger partial charge in [-0.2, -0.15) is 0 Å². The first kappa shape index (κ1) is 15.5. The van der Waals surface area contributed by atoms with Gasteiger partial charge in [-0.3, -0.25) is 4.79 Å². The van der Waals surface area contributed by atoms with Gasteiger partial charge >= 0.3 is 5.97 Å². The second-order valence-electron chi connectivity index (χ2n) is 6.38. The number of methoxy groups -OCH3 is 1. The van der Waals surface area contributed by atoms with Crippen LogP contribution in [0.25, 0.3) is 0 Å². The summed E-state index contributed by atoms with van der Waals surface area (Å²) < 4.78 is 4.81. The van der Waals surface area contributed by atoms with Crippen molar-refractivity contribution >= 4 is 11.9 Å². The van der Waals surface area contributed by atoms with Gasteiger partial charge in [0, 0.05) is 19.5 Å². The van der Waals surface area contributed by atoms with Gasteiger partial charge in [-0.05, 0) is 29.9 Å². The summed E-state index contributed by atoms with van der Waals surface area (Å²) in [7, 11) is 1.37. The van der Waals surface area contributed by atoms with Crippen LogP contribution in [0.15, 0.2) is 24.3 Å². The molecule has 0 spiro atoms. The molecule has 1 aliphatic heterocycles. The number of ether oxygens (including phenoxy) is 1. The summed E-state index contributed by atoms with van der Waals surface area (Å²) in [6, 6.07) is 7.32. The molecular formula is C17H23NO3. The maximum Gasteiger partial charge on any atom is 0.338 e. The molecule has 0 atom stereocenters. The molecule has 1 saturated heterocycles. The lowest BCUT2D eigenvalue weighted by atomic mass is 9.85. The largest absolute Gasteiger partial charge is 0.465 e. The number of hydrogen-bond acceptors (Lipinski definition) is 3. The van der Waals surface area contributed by atoms with Crippen LogP contribution in [0.4, 0.5) is 0 Å². The summed E-state index contributed by atoms with van der Waals surface area (Å²) in [6.07, 6.45) is 2.48. The molecule has 1 fully saturated rings. The topological polar surface area (TPSA) is 46.6 Å². The third-order valence-corrected chi connectivity index (χ3v) is 4.21. The Labute approximate surface area is 126 Å². The zero-order valence-corrected chi connectivity index (χ0v) is 13.0. The zero-order valence-electron chi connectivity index (χ0n) is 13.0. The molecule has 0 radical (unpaired) electrons. The second-order valence-corrected chi connectivity index (χ2v) is 6.38. The molecule has 0 saturated carbocycles. The van der Waals surface area contributed by atoms with Gasteiger partial charge in [-0.1, -0.05) is 32.0 Å². The standard InChI is InChI=1S/C17H23NO3/c1-17(2)9-8-15(19)18(11-10-17)12-13-6-4-5-7-14(13)16(20)21-3/h4-7H,8-12H2,1-3H3. The Morgan fingerprint density at radius 3 is 2.71 bits per heavy atom. The number of esters is 1. The van der Waals surface area contributed by atoms with E-state index in [1.165, 1.54) is 7.11 Å². The van der Waals surface area contributed by atoms with Crippen LogP contribution < -0.4 is 0 Å². The van der Waals surface area contributed by atoms with E-state index in [-0.39, 0.29) is 17.3 Å². The quantitative estimate of drug-likeness (QED) is 0.804.